The third-order valence-electron chi connectivity index (χ3n) is 7.61. The summed E-state index contributed by atoms with van der Waals surface area (Å²) in [6.45, 7) is 1.68. The van der Waals surface area contributed by atoms with Gasteiger partial charge in [-0.25, -0.2) is 0 Å². The van der Waals surface area contributed by atoms with E-state index in [0.717, 1.165) is 67.5 Å². The molecule has 0 fully saturated rings. The fourth-order valence-corrected chi connectivity index (χ4v) is 5.50. The van der Waals surface area contributed by atoms with E-state index in [1.165, 1.54) is 6.20 Å². The summed E-state index contributed by atoms with van der Waals surface area (Å²) in [4.78, 5) is 8.72. The molecule has 4 aromatic carbocycles. The van der Waals surface area contributed by atoms with E-state index >= 15 is 0 Å². The molecule has 6 aromatic rings. The van der Waals surface area contributed by atoms with Crippen LogP contribution < -0.4 is 25.9 Å². The van der Waals surface area contributed by atoms with Crippen LogP contribution in [0.1, 0.15) is 36.4 Å². The van der Waals surface area contributed by atoms with Gasteiger partial charge >= 0.3 is 0 Å². The SMILES string of the molecule is [2H]C(C)(C)c1ccnc(-c2[c-]cc3c4c2Oc2ccccc2B4c2ccccc2O3)c1.[2H]C([2H])([2H])c1ccc(-c2[c-]cccc2)nc1.[Ir]. The van der Waals surface area contributed by atoms with Crippen molar-refractivity contribution in [2.24, 2.45) is 0 Å². The predicted molar refractivity (Wildman–Crippen MR) is 174 cm³/mol. The number of rotatable bonds is 3. The Kier molecular flexibility index (Phi) is 7.14. The second kappa shape index (κ2) is 12.6. The van der Waals surface area contributed by atoms with Crippen molar-refractivity contribution in [2.75, 3.05) is 0 Å². The van der Waals surface area contributed by atoms with Gasteiger partial charge in [0.05, 0.1) is 0 Å². The molecule has 0 amide bonds. The monoisotopic (exact) mass is 753 g/mol. The average molecular weight is 753 g/mol. The quantitative estimate of drug-likeness (QED) is 0.141. The van der Waals surface area contributed by atoms with Crippen LogP contribution in [0.2, 0.25) is 0 Å². The summed E-state index contributed by atoms with van der Waals surface area (Å²) in [5.41, 5.74) is 7.52. The molecule has 0 spiro atoms. The van der Waals surface area contributed by atoms with Crippen LogP contribution >= 0.6 is 0 Å². The molecule has 0 saturated carbocycles. The molecule has 4 nitrogen and oxygen atoms in total. The Morgan fingerprint density at radius 3 is 2.23 bits per heavy atom. The maximum Gasteiger partial charge on any atom is 0.239 e. The Morgan fingerprint density at radius 1 is 0.795 bits per heavy atom. The van der Waals surface area contributed by atoms with Gasteiger partial charge in [0.25, 0.3) is 0 Å². The Labute approximate surface area is 278 Å². The van der Waals surface area contributed by atoms with Crippen LogP contribution in [-0.4, -0.2) is 16.7 Å². The first-order chi connectivity index (χ1) is 22.6. The van der Waals surface area contributed by atoms with E-state index in [9.17, 15) is 0 Å². The topological polar surface area (TPSA) is 44.2 Å². The molecule has 0 bridgehead atoms. The number of nitrogens with zero attached hydrogens (tertiary/aromatic N) is 2. The van der Waals surface area contributed by atoms with Gasteiger partial charge in [0.1, 0.15) is 11.5 Å². The van der Waals surface area contributed by atoms with Crippen molar-refractivity contribution in [2.45, 2.75) is 26.6 Å². The molecular formula is C38H29BIrN2O2-2. The van der Waals surface area contributed by atoms with Gasteiger partial charge in [0.15, 0.2) is 0 Å². The largest absolute Gasteiger partial charge is 0.503 e. The number of hydrogen-bond acceptors (Lipinski definition) is 4. The first kappa shape index (κ1) is 24.9. The Bertz CT molecular complexity index is 2070. The molecular weight excluding hydrogens is 719 g/mol. The van der Waals surface area contributed by atoms with Gasteiger partial charge in [0.2, 0.25) is 6.71 Å². The van der Waals surface area contributed by atoms with Gasteiger partial charge in [-0.15, -0.1) is 48.0 Å². The number of para-hydroxylation sites is 2. The van der Waals surface area contributed by atoms with Crippen molar-refractivity contribution in [3.05, 3.63) is 139 Å². The number of benzene rings is 4. The van der Waals surface area contributed by atoms with Crippen LogP contribution in [0.4, 0.5) is 0 Å². The van der Waals surface area contributed by atoms with Gasteiger partial charge in [-0.1, -0.05) is 85.0 Å². The summed E-state index contributed by atoms with van der Waals surface area (Å²) in [7, 11) is 0. The van der Waals surface area contributed by atoms with Crippen molar-refractivity contribution < 1.29 is 35.1 Å². The molecule has 1 radical (unpaired) electrons. The second-order valence-corrected chi connectivity index (χ2v) is 10.6. The number of fused-ring (bicyclic) bond motifs is 4. The summed E-state index contributed by atoms with van der Waals surface area (Å²) in [6, 6.07) is 39.2. The molecule has 0 atom stereocenters. The van der Waals surface area contributed by atoms with Gasteiger partial charge in [-0.05, 0) is 58.8 Å². The van der Waals surface area contributed by atoms with Gasteiger partial charge < -0.3 is 19.4 Å². The number of hydrogen-bond donors (Lipinski definition) is 0. The molecule has 0 N–H and O–H groups in total. The number of aromatic nitrogens is 2. The van der Waals surface area contributed by atoms with Crippen molar-refractivity contribution in [3.63, 3.8) is 0 Å². The van der Waals surface area contributed by atoms with Crippen LogP contribution in [0.5, 0.6) is 23.0 Å². The fraction of sp³-hybridized carbons (Fsp3) is 0.105. The molecule has 0 unspecified atom stereocenters. The molecule has 4 heterocycles. The van der Waals surface area contributed by atoms with Gasteiger partial charge in [-0.2, -0.15) is 0 Å². The van der Waals surface area contributed by atoms with E-state index in [0.29, 0.717) is 0 Å². The zero-order valence-electron chi connectivity index (χ0n) is 28.1. The third kappa shape index (κ3) is 5.59. The molecule has 2 aliphatic heterocycles. The van der Waals surface area contributed by atoms with Crippen molar-refractivity contribution in [1.29, 1.82) is 0 Å². The summed E-state index contributed by atoms with van der Waals surface area (Å²) in [6.07, 6.45) is 3.14. The molecule has 2 aromatic heterocycles. The second-order valence-electron chi connectivity index (χ2n) is 10.6. The van der Waals surface area contributed by atoms with E-state index in [2.05, 4.69) is 34.2 Å². The Morgan fingerprint density at radius 2 is 1.55 bits per heavy atom. The van der Waals surface area contributed by atoms with E-state index in [1.807, 2.05) is 86.6 Å². The summed E-state index contributed by atoms with van der Waals surface area (Å²) in [5.74, 6) is 2.46. The minimum absolute atomic E-state index is 0. The number of ether oxygens (including phenoxy) is 2. The van der Waals surface area contributed by atoms with Gasteiger partial charge in [0, 0.05) is 49.5 Å². The van der Waals surface area contributed by atoms with Crippen molar-refractivity contribution in [1.82, 2.24) is 9.97 Å². The first-order valence-corrected chi connectivity index (χ1v) is 14.1. The summed E-state index contributed by atoms with van der Waals surface area (Å²) < 4.78 is 42.8. The number of aryl methyl sites for hydroxylation is 1. The van der Waals surface area contributed by atoms with Crippen LogP contribution in [-0.2, 0) is 20.1 Å². The molecule has 2 aliphatic rings. The molecule has 8 rings (SSSR count). The van der Waals surface area contributed by atoms with E-state index < -0.39 is 12.7 Å². The Hall–Kier alpha value is -4.51. The molecule has 217 valence electrons. The predicted octanol–water partition coefficient (Wildman–Crippen LogP) is 7.25. The molecule has 0 saturated heterocycles. The smallest absolute Gasteiger partial charge is 0.239 e. The normalized spacial score (nSPS) is 13.7. The maximum absolute atomic E-state index is 8.41. The third-order valence-corrected chi connectivity index (χ3v) is 7.61. The summed E-state index contributed by atoms with van der Waals surface area (Å²) in [5, 5.41) is 0. The van der Waals surface area contributed by atoms with Crippen molar-refractivity contribution in [3.8, 4) is 45.5 Å². The fourth-order valence-electron chi connectivity index (χ4n) is 5.50. The molecule has 0 aliphatic carbocycles. The summed E-state index contributed by atoms with van der Waals surface area (Å²) >= 11 is 0. The standard InChI is InChI=1S/C26H19BNO2.C12H10N.Ir/c1-16(2)17-13-14-28-21(15-17)18-11-12-24-25-26(18)30-23-10-6-4-8-20(23)27(25)19-7-3-5-9-22(19)29-24;1-10-7-8-12(13-9-10)11-5-3-2-4-6-11;/h3-10,12-16H,1-2H3;2-5,7-9H,1H3;/q2*-1;/i16D;1D3;. The van der Waals surface area contributed by atoms with Crippen LogP contribution in [0.25, 0.3) is 22.5 Å². The van der Waals surface area contributed by atoms with Gasteiger partial charge in [-0.3, -0.25) is 0 Å². The van der Waals surface area contributed by atoms with E-state index in [-0.39, 0.29) is 32.4 Å². The number of pyridine rings is 2. The van der Waals surface area contributed by atoms with Crippen LogP contribution in [0.3, 0.4) is 0 Å². The zero-order valence-corrected chi connectivity index (χ0v) is 26.5. The van der Waals surface area contributed by atoms with Crippen LogP contribution in [0.15, 0.2) is 116 Å². The molecule has 6 heteroatoms. The first-order valence-electron chi connectivity index (χ1n) is 16.1. The van der Waals surface area contributed by atoms with Crippen LogP contribution in [0, 0.1) is 19.0 Å². The van der Waals surface area contributed by atoms with Crippen molar-refractivity contribution >= 4 is 23.1 Å². The Balaban J connectivity index is 0.000000201. The zero-order chi connectivity index (χ0) is 32.8. The molecule has 44 heavy (non-hydrogen) atoms. The van der Waals surface area contributed by atoms with E-state index in [1.54, 1.807) is 24.4 Å². The average Bonchev–Trinajstić information content (AvgIpc) is 3.08. The maximum atomic E-state index is 8.41. The van der Waals surface area contributed by atoms with E-state index in [4.69, 9.17) is 15.0 Å². The minimum atomic E-state index is -2.09. The minimum Gasteiger partial charge on any atom is -0.503 e.